The molecule has 0 aliphatic heterocycles. The van der Waals surface area contributed by atoms with Crippen molar-refractivity contribution in [3.8, 4) is 11.5 Å². The van der Waals surface area contributed by atoms with Crippen LogP contribution in [0.3, 0.4) is 0 Å². The molecular formula is C28H26BrN3O6S. The monoisotopic (exact) mass is 611 g/mol. The van der Waals surface area contributed by atoms with Gasteiger partial charge in [-0.3, -0.25) is 9.59 Å². The molecule has 11 heteroatoms. The van der Waals surface area contributed by atoms with Crippen LogP contribution in [0.5, 0.6) is 11.5 Å². The molecule has 1 aliphatic rings. The largest absolute Gasteiger partial charge is 0.493 e. The van der Waals surface area contributed by atoms with E-state index in [-0.39, 0.29) is 45.4 Å². The van der Waals surface area contributed by atoms with Gasteiger partial charge in [-0.25, -0.2) is 0 Å². The molecular weight excluding hydrogens is 586 g/mol. The third-order valence-corrected chi connectivity index (χ3v) is 8.03. The smallest absolute Gasteiger partial charge is 0.283 e. The molecule has 3 aromatic carbocycles. The number of anilines is 1. The highest BCUT2D eigenvalue weighted by atomic mass is 79.9. The first-order chi connectivity index (χ1) is 18.6. The molecule has 0 amide bonds. The quantitative estimate of drug-likeness (QED) is 0.259. The lowest BCUT2D eigenvalue weighted by atomic mass is 9.92. The number of fused-ring (bicyclic) bond motifs is 1. The molecule has 0 atom stereocenters. The average Bonchev–Trinajstić information content (AvgIpc) is 2.93. The fourth-order valence-corrected chi connectivity index (χ4v) is 5.47. The van der Waals surface area contributed by atoms with Gasteiger partial charge in [-0.1, -0.05) is 42.0 Å². The van der Waals surface area contributed by atoms with E-state index in [9.17, 15) is 18.0 Å². The Morgan fingerprint density at radius 2 is 1.54 bits per heavy atom. The molecule has 0 aromatic heterocycles. The number of rotatable bonds is 9. The van der Waals surface area contributed by atoms with Crippen LogP contribution in [0.2, 0.25) is 0 Å². The summed E-state index contributed by atoms with van der Waals surface area (Å²) >= 11 is 3.25. The topological polar surface area (TPSA) is 123 Å². The minimum Gasteiger partial charge on any atom is -0.493 e. The molecule has 2 N–H and O–H groups in total. The molecule has 0 bridgehead atoms. The minimum absolute atomic E-state index is 0.0442. The Kier molecular flexibility index (Phi) is 8.51. The van der Waals surface area contributed by atoms with Crippen molar-refractivity contribution < 1.29 is 27.5 Å². The van der Waals surface area contributed by atoms with Crippen molar-refractivity contribution >= 4 is 49.0 Å². The van der Waals surface area contributed by atoms with E-state index in [0.717, 1.165) is 5.56 Å². The zero-order chi connectivity index (χ0) is 28.2. The highest BCUT2D eigenvalue weighted by molar-refractivity contribution is 9.12. The van der Waals surface area contributed by atoms with Crippen LogP contribution in [0.25, 0.3) is 0 Å². The van der Waals surface area contributed by atoms with E-state index in [1.807, 2.05) is 6.92 Å². The summed E-state index contributed by atoms with van der Waals surface area (Å²) < 4.78 is 41.0. The summed E-state index contributed by atoms with van der Waals surface area (Å²) in [7, 11) is -1.04. The standard InChI is InChI=1S/C28H26BrN3O6S/c1-17-8-11-19(12-9-17)39(35,36)32-24(31-18-10-13-22(37-2)23(16-18)38-3)14-15-30-26-25(29)27(33)20-6-4-5-7-21(20)28(26)34/h4-13,16,30H,14-15H2,1-3H3,(H,31,32). The Hall–Kier alpha value is -3.96. The first-order valence-electron chi connectivity index (χ1n) is 11.9. The lowest BCUT2D eigenvalue weighted by Gasteiger charge is -2.19. The SMILES string of the molecule is COc1ccc(NC(CCNC2=C(Br)C(=O)c3ccccc3C2=O)=NS(=O)(=O)c2ccc(C)cc2)cc1OC. The number of benzene rings is 3. The predicted molar refractivity (Wildman–Crippen MR) is 153 cm³/mol. The van der Waals surface area contributed by atoms with Gasteiger partial charge < -0.3 is 20.1 Å². The molecule has 0 saturated heterocycles. The van der Waals surface area contributed by atoms with Crippen LogP contribution in [0.1, 0.15) is 32.7 Å². The van der Waals surface area contributed by atoms with Crippen molar-refractivity contribution in [2.24, 2.45) is 4.40 Å². The lowest BCUT2D eigenvalue weighted by Crippen LogP contribution is -2.31. The van der Waals surface area contributed by atoms with Gasteiger partial charge in [-0.05, 0) is 47.1 Å². The van der Waals surface area contributed by atoms with Crippen LogP contribution >= 0.6 is 15.9 Å². The fourth-order valence-electron chi connectivity index (χ4n) is 3.93. The van der Waals surface area contributed by atoms with Gasteiger partial charge in [0.2, 0.25) is 11.6 Å². The Morgan fingerprint density at radius 3 is 2.18 bits per heavy atom. The van der Waals surface area contributed by atoms with E-state index in [4.69, 9.17) is 9.47 Å². The second-order valence-electron chi connectivity index (χ2n) is 8.59. The van der Waals surface area contributed by atoms with Gasteiger partial charge in [0.25, 0.3) is 10.0 Å². The molecule has 4 rings (SSSR count). The predicted octanol–water partition coefficient (Wildman–Crippen LogP) is 4.88. The van der Waals surface area contributed by atoms with Crippen molar-refractivity contribution in [3.05, 3.63) is 93.6 Å². The van der Waals surface area contributed by atoms with E-state index >= 15 is 0 Å². The van der Waals surface area contributed by atoms with Gasteiger partial charge >= 0.3 is 0 Å². The number of allylic oxidation sites excluding steroid dienone is 2. The van der Waals surface area contributed by atoms with Gasteiger partial charge in [0.15, 0.2) is 11.5 Å². The molecule has 0 fully saturated rings. The van der Waals surface area contributed by atoms with E-state index in [0.29, 0.717) is 28.3 Å². The average molecular weight is 613 g/mol. The third kappa shape index (κ3) is 6.21. The number of carbonyl (C=O) groups excluding carboxylic acids is 2. The molecule has 1 aliphatic carbocycles. The number of halogens is 1. The molecule has 202 valence electrons. The van der Waals surface area contributed by atoms with Gasteiger partial charge in [0, 0.05) is 35.8 Å². The van der Waals surface area contributed by atoms with Crippen LogP contribution in [-0.4, -0.2) is 46.6 Å². The number of ketones is 2. The second-order valence-corrected chi connectivity index (χ2v) is 11.0. The number of carbonyl (C=O) groups is 2. The van der Waals surface area contributed by atoms with E-state index < -0.39 is 10.0 Å². The summed E-state index contributed by atoms with van der Waals surface area (Å²) in [6, 6.07) is 18.0. The van der Waals surface area contributed by atoms with Crippen LogP contribution in [0, 0.1) is 6.92 Å². The Morgan fingerprint density at radius 1 is 0.897 bits per heavy atom. The minimum atomic E-state index is -4.05. The number of ether oxygens (including phenoxy) is 2. The molecule has 0 heterocycles. The molecule has 0 saturated carbocycles. The zero-order valence-electron chi connectivity index (χ0n) is 21.4. The summed E-state index contributed by atoms with van der Waals surface area (Å²) in [5, 5.41) is 6.03. The number of amidine groups is 1. The summed E-state index contributed by atoms with van der Waals surface area (Å²) in [6.45, 7) is 1.96. The van der Waals surface area contributed by atoms with Crippen LogP contribution < -0.4 is 20.1 Å². The number of sulfonamides is 1. The molecule has 0 spiro atoms. The van der Waals surface area contributed by atoms with Gasteiger partial charge in [0.1, 0.15) is 11.5 Å². The summed E-state index contributed by atoms with van der Waals surface area (Å²) in [6.07, 6.45) is 0.0757. The number of nitrogens with one attached hydrogen (secondary N) is 2. The second kappa shape index (κ2) is 11.8. The number of aryl methyl sites for hydroxylation is 1. The lowest BCUT2D eigenvalue weighted by molar-refractivity contribution is 0.0976. The van der Waals surface area contributed by atoms with Crippen molar-refractivity contribution in [1.29, 1.82) is 0 Å². The summed E-state index contributed by atoms with van der Waals surface area (Å²) in [4.78, 5) is 25.8. The van der Waals surface area contributed by atoms with E-state index in [2.05, 4.69) is 31.0 Å². The van der Waals surface area contributed by atoms with E-state index in [1.165, 1.54) is 26.4 Å². The van der Waals surface area contributed by atoms with Crippen molar-refractivity contribution in [2.75, 3.05) is 26.1 Å². The van der Waals surface area contributed by atoms with Crippen molar-refractivity contribution in [1.82, 2.24) is 5.32 Å². The molecule has 39 heavy (non-hydrogen) atoms. The number of hydrogen-bond acceptors (Lipinski definition) is 7. The van der Waals surface area contributed by atoms with Gasteiger partial charge in [0.05, 0.1) is 23.6 Å². The summed E-state index contributed by atoms with van der Waals surface area (Å²) in [5.74, 6) is 0.415. The Labute approximate surface area is 235 Å². The van der Waals surface area contributed by atoms with Gasteiger partial charge in [-0.15, -0.1) is 4.40 Å². The molecule has 3 aromatic rings. The fraction of sp³-hybridized carbons (Fsp3) is 0.179. The highest BCUT2D eigenvalue weighted by Gasteiger charge is 2.30. The summed E-state index contributed by atoms with van der Waals surface area (Å²) in [5.41, 5.74) is 2.15. The van der Waals surface area contributed by atoms with Crippen molar-refractivity contribution in [2.45, 2.75) is 18.2 Å². The molecule has 9 nitrogen and oxygen atoms in total. The van der Waals surface area contributed by atoms with Crippen LogP contribution in [0.15, 0.2) is 86.2 Å². The number of hydrogen-bond donors (Lipinski definition) is 2. The maximum Gasteiger partial charge on any atom is 0.283 e. The maximum atomic E-state index is 13.1. The van der Waals surface area contributed by atoms with Gasteiger partial charge in [-0.2, -0.15) is 8.42 Å². The van der Waals surface area contributed by atoms with E-state index in [1.54, 1.807) is 54.6 Å². The normalized spacial score (nSPS) is 13.7. The Balaban J connectivity index is 1.61. The number of methoxy groups -OCH3 is 2. The van der Waals surface area contributed by atoms with Crippen LogP contribution in [0.4, 0.5) is 5.69 Å². The zero-order valence-corrected chi connectivity index (χ0v) is 23.9. The molecule has 0 unspecified atom stereocenters. The first kappa shape index (κ1) is 28.1. The molecule has 0 radical (unpaired) electrons. The maximum absolute atomic E-state index is 13.1. The third-order valence-electron chi connectivity index (χ3n) is 5.95. The first-order valence-corrected chi connectivity index (χ1v) is 14.1. The highest BCUT2D eigenvalue weighted by Crippen LogP contribution is 2.30. The Bertz CT molecular complexity index is 1600. The van der Waals surface area contributed by atoms with Crippen molar-refractivity contribution in [3.63, 3.8) is 0 Å². The van der Waals surface area contributed by atoms with Crippen LogP contribution in [-0.2, 0) is 10.0 Å². The number of Topliss-reactive ketones (excluding diaryl/α,β-unsaturated/α-hetero) is 2. The number of nitrogens with zero attached hydrogens (tertiary/aromatic N) is 1.